The van der Waals surface area contributed by atoms with Gasteiger partial charge in [0.05, 0.1) is 11.7 Å². The Bertz CT molecular complexity index is 3020. The zero-order chi connectivity index (χ0) is 37.5. The van der Waals surface area contributed by atoms with Crippen LogP contribution < -0.4 is 9.64 Å². The van der Waals surface area contributed by atoms with E-state index in [1.165, 1.54) is 11.1 Å². The van der Waals surface area contributed by atoms with Crippen molar-refractivity contribution >= 4 is 33.6 Å². The number of aromatic nitrogens is 3. The van der Waals surface area contributed by atoms with Crippen molar-refractivity contribution in [2.75, 3.05) is 4.90 Å². The summed E-state index contributed by atoms with van der Waals surface area (Å²) >= 11 is 0. The number of furan rings is 1. The Morgan fingerprint density at radius 2 is 1.16 bits per heavy atom. The molecule has 2 aromatic heterocycles. The average Bonchev–Trinajstić information content (AvgIpc) is 3.96. The summed E-state index contributed by atoms with van der Waals surface area (Å²) in [5, 5.41) is 2.14. The molecule has 0 amide bonds. The minimum atomic E-state index is -0.0439. The molecule has 2 aliphatic carbocycles. The molecule has 12 rings (SSSR count). The minimum Gasteiger partial charge on any atom is -0.483 e. The number of anilines is 2. The van der Waals surface area contributed by atoms with Crippen LogP contribution in [0.2, 0.25) is 0 Å². The summed E-state index contributed by atoms with van der Waals surface area (Å²) in [4.78, 5) is 18.1. The normalized spacial score (nSPS) is 19.8. The van der Waals surface area contributed by atoms with E-state index in [1.807, 2.05) is 18.2 Å². The van der Waals surface area contributed by atoms with E-state index in [0.717, 1.165) is 66.8 Å². The zero-order valence-electron chi connectivity index (χ0n) is 30.7. The second-order valence-electron chi connectivity index (χ2n) is 15.0. The van der Waals surface area contributed by atoms with Crippen molar-refractivity contribution in [3.63, 3.8) is 0 Å². The number of ether oxygens (including phenoxy) is 1. The van der Waals surface area contributed by atoms with Gasteiger partial charge in [-0.2, -0.15) is 9.97 Å². The van der Waals surface area contributed by atoms with Gasteiger partial charge in [0.15, 0.2) is 11.6 Å². The van der Waals surface area contributed by atoms with E-state index >= 15 is 0 Å². The highest BCUT2D eigenvalue weighted by Crippen LogP contribution is 2.56. The quantitative estimate of drug-likeness (QED) is 0.175. The van der Waals surface area contributed by atoms with Crippen LogP contribution in [-0.4, -0.2) is 27.1 Å². The fraction of sp³-hybridized carbons (Fsp3) is 0.0784. The van der Waals surface area contributed by atoms with Crippen molar-refractivity contribution < 1.29 is 9.15 Å². The van der Waals surface area contributed by atoms with Gasteiger partial charge in [0.2, 0.25) is 5.95 Å². The third-order valence-corrected chi connectivity index (χ3v) is 11.8. The first kappa shape index (κ1) is 32.0. The van der Waals surface area contributed by atoms with Gasteiger partial charge in [-0.25, -0.2) is 4.98 Å². The number of fused-ring (bicyclic) bond motifs is 10. The van der Waals surface area contributed by atoms with Crippen LogP contribution >= 0.6 is 0 Å². The van der Waals surface area contributed by atoms with Gasteiger partial charge < -0.3 is 9.15 Å². The Balaban J connectivity index is 1.04. The summed E-state index contributed by atoms with van der Waals surface area (Å²) in [5.74, 6) is 2.93. The number of hydrogen-bond acceptors (Lipinski definition) is 6. The molecule has 4 heterocycles. The molecule has 0 radical (unpaired) electrons. The zero-order valence-corrected chi connectivity index (χ0v) is 30.7. The molecule has 6 heteroatoms. The second-order valence-corrected chi connectivity index (χ2v) is 15.0. The van der Waals surface area contributed by atoms with Crippen LogP contribution in [0, 0.1) is 0 Å². The van der Waals surface area contributed by atoms with Gasteiger partial charge in [0.1, 0.15) is 23.0 Å². The van der Waals surface area contributed by atoms with E-state index in [0.29, 0.717) is 17.6 Å². The lowest BCUT2D eigenvalue weighted by atomic mass is 9.88. The lowest BCUT2D eigenvalue weighted by molar-refractivity contribution is 0.269. The summed E-state index contributed by atoms with van der Waals surface area (Å²) in [6.45, 7) is 0. The maximum Gasteiger partial charge on any atom is 0.234 e. The SMILES string of the molecule is C1=CC2Oc3c(ccc4c3N(c3nc(-c5ccc(-c6ccccc6)cc5)nc(-c5ccc6c(c5)oc5cccc(-c7ccccc7)c56)n3)C3C=CC=CC43)C2C=C1. The van der Waals surface area contributed by atoms with Crippen molar-refractivity contribution in [2.24, 2.45) is 0 Å². The molecular formula is C51H34N4O2. The largest absolute Gasteiger partial charge is 0.483 e. The van der Waals surface area contributed by atoms with E-state index in [9.17, 15) is 0 Å². The van der Waals surface area contributed by atoms with Crippen LogP contribution in [0.5, 0.6) is 5.75 Å². The number of hydrogen-bond donors (Lipinski definition) is 0. The maximum atomic E-state index is 6.80. The Labute approximate surface area is 329 Å². The van der Waals surface area contributed by atoms with E-state index in [2.05, 4.69) is 169 Å². The van der Waals surface area contributed by atoms with E-state index < -0.39 is 0 Å². The number of rotatable bonds is 5. The molecule has 0 saturated heterocycles. The fourth-order valence-electron chi connectivity index (χ4n) is 9.13. The van der Waals surface area contributed by atoms with E-state index in [4.69, 9.17) is 24.1 Å². The topological polar surface area (TPSA) is 64.3 Å². The van der Waals surface area contributed by atoms with E-state index in [1.54, 1.807) is 0 Å². The van der Waals surface area contributed by atoms with Crippen LogP contribution in [0.15, 0.2) is 186 Å². The molecule has 4 unspecified atom stereocenters. The standard InChI is InChI=1S/C51H34N4O2/c1-3-12-31(13-4-1)32-22-24-34(25-23-32)49-52-50(35-26-27-41-45(30-35)56-44-21-11-18-36(46(41)44)33-14-5-2-6-15-33)54-51(53-49)55-42-19-9-7-16-37(42)39-28-29-40-38-17-8-10-20-43(38)57-48(40)47(39)55/h1-30,37-38,42-43H. The third kappa shape index (κ3) is 5.07. The molecule has 0 bridgehead atoms. The first-order valence-corrected chi connectivity index (χ1v) is 19.5. The molecule has 0 spiro atoms. The smallest absolute Gasteiger partial charge is 0.234 e. The molecule has 0 N–H and O–H groups in total. The predicted octanol–water partition coefficient (Wildman–Crippen LogP) is 12.1. The monoisotopic (exact) mass is 734 g/mol. The third-order valence-electron chi connectivity index (χ3n) is 11.8. The van der Waals surface area contributed by atoms with Crippen molar-refractivity contribution in [1.82, 2.24) is 15.0 Å². The highest BCUT2D eigenvalue weighted by molar-refractivity contribution is 6.13. The van der Waals surface area contributed by atoms with Crippen LogP contribution in [0.4, 0.5) is 11.6 Å². The minimum absolute atomic E-state index is 0.0355. The molecule has 4 aliphatic rings. The number of allylic oxidation sites excluding steroid dienone is 4. The van der Waals surface area contributed by atoms with Gasteiger partial charge in [0.25, 0.3) is 0 Å². The van der Waals surface area contributed by atoms with Gasteiger partial charge in [-0.3, -0.25) is 4.90 Å². The van der Waals surface area contributed by atoms with Crippen molar-refractivity contribution in [2.45, 2.75) is 24.0 Å². The van der Waals surface area contributed by atoms with E-state index in [-0.39, 0.29) is 24.0 Å². The second kappa shape index (κ2) is 12.6. The van der Waals surface area contributed by atoms with Crippen molar-refractivity contribution in [3.8, 4) is 50.8 Å². The van der Waals surface area contributed by atoms with Crippen LogP contribution in [0.25, 0.3) is 67.0 Å². The predicted molar refractivity (Wildman–Crippen MR) is 228 cm³/mol. The van der Waals surface area contributed by atoms with Crippen molar-refractivity contribution in [1.29, 1.82) is 0 Å². The average molecular weight is 735 g/mol. The highest BCUT2D eigenvalue weighted by atomic mass is 16.5. The maximum absolute atomic E-state index is 6.80. The molecule has 8 aromatic rings. The Hall–Kier alpha value is -7.31. The lowest BCUT2D eigenvalue weighted by Crippen LogP contribution is -2.30. The van der Waals surface area contributed by atoms with Gasteiger partial charge in [-0.1, -0.05) is 158 Å². The Kier molecular flexibility index (Phi) is 7.08. The van der Waals surface area contributed by atoms with Crippen LogP contribution in [-0.2, 0) is 0 Å². The summed E-state index contributed by atoms with van der Waals surface area (Å²) < 4.78 is 13.4. The Morgan fingerprint density at radius 3 is 1.98 bits per heavy atom. The summed E-state index contributed by atoms with van der Waals surface area (Å²) in [7, 11) is 0. The first-order valence-electron chi connectivity index (χ1n) is 19.5. The fourth-order valence-corrected chi connectivity index (χ4v) is 9.13. The molecule has 4 atom stereocenters. The van der Waals surface area contributed by atoms with Gasteiger partial charge in [-0.15, -0.1) is 0 Å². The highest BCUT2D eigenvalue weighted by Gasteiger charge is 2.45. The number of nitrogens with zero attached hydrogens (tertiary/aromatic N) is 4. The summed E-state index contributed by atoms with van der Waals surface area (Å²) in [6.07, 6.45) is 17.3. The summed E-state index contributed by atoms with van der Waals surface area (Å²) in [5.41, 5.74) is 11.4. The molecular weight excluding hydrogens is 701 g/mol. The van der Waals surface area contributed by atoms with Crippen LogP contribution in [0.1, 0.15) is 23.0 Å². The van der Waals surface area contributed by atoms with Gasteiger partial charge in [-0.05, 0) is 52.1 Å². The summed E-state index contributed by atoms with van der Waals surface area (Å²) in [6, 6.07) is 46.4. The molecule has 6 aromatic carbocycles. The molecule has 0 fully saturated rings. The molecule has 6 nitrogen and oxygen atoms in total. The van der Waals surface area contributed by atoms with Gasteiger partial charge >= 0.3 is 0 Å². The van der Waals surface area contributed by atoms with Gasteiger partial charge in [0, 0.05) is 39.3 Å². The van der Waals surface area contributed by atoms with Crippen molar-refractivity contribution in [3.05, 3.63) is 193 Å². The molecule has 270 valence electrons. The molecule has 57 heavy (non-hydrogen) atoms. The lowest BCUT2D eigenvalue weighted by Gasteiger charge is -2.27. The molecule has 2 aliphatic heterocycles. The van der Waals surface area contributed by atoms with Crippen LogP contribution in [0.3, 0.4) is 0 Å². The molecule has 0 saturated carbocycles. The number of benzene rings is 6. The Morgan fingerprint density at radius 1 is 0.491 bits per heavy atom. The first-order chi connectivity index (χ1) is 28.2.